The Balaban J connectivity index is 2.02. The molecule has 2 fully saturated rings. The highest BCUT2D eigenvalue weighted by Gasteiger charge is 2.53. The van der Waals surface area contributed by atoms with Gasteiger partial charge in [0.05, 0.1) is 0 Å². The van der Waals surface area contributed by atoms with Crippen molar-refractivity contribution in [3.8, 4) is 0 Å². The molecule has 2 heteroatoms. The summed E-state index contributed by atoms with van der Waals surface area (Å²) in [4.78, 5) is 0. The number of ether oxygens (including phenoxy) is 2. The molecule has 1 aliphatic heterocycles. The summed E-state index contributed by atoms with van der Waals surface area (Å²) in [5.74, 6) is 1.03. The predicted molar refractivity (Wildman–Crippen MR) is 39.7 cm³/mol. The first-order valence-corrected chi connectivity index (χ1v) is 4.05. The monoisotopic (exact) mass is 150 g/mol. The van der Waals surface area contributed by atoms with E-state index in [1.54, 1.807) is 0 Å². The smallest absolute Gasteiger partial charge is 0.189 e. The number of hydrogen-bond donors (Lipinski definition) is 0. The molecular weight excluding hydrogens is 140 g/mol. The molecule has 2 aliphatic carbocycles. The highest BCUT2D eigenvalue weighted by atomic mass is 16.7. The van der Waals surface area contributed by atoms with E-state index in [0.29, 0.717) is 12.2 Å². The summed E-state index contributed by atoms with van der Waals surface area (Å²) in [5.41, 5.74) is 0.334. The van der Waals surface area contributed by atoms with Gasteiger partial charge in [-0.1, -0.05) is 12.2 Å². The van der Waals surface area contributed by atoms with E-state index in [-0.39, 0.29) is 6.10 Å². The molecule has 1 heterocycles. The molecule has 0 aromatic carbocycles. The van der Waals surface area contributed by atoms with Gasteiger partial charge < -0.3 is 9.47 Å². The fourth-order valence-electron chi connectivity index (χ4n) is 1.91. The van der Waals surface area contributed by atoms with Crippen LogP contribution in [0.4, 0.5) is 0 Å². The standard InChI is InChI=1S/C9H10O2/c1-2-7-8(11-6-10-7)9(3-1)4-5-9/h1-3,8H,4-6H2. The lowest BCUT2D eigenvalue weighted by Crippen LogP contribution is -2.22. The number of fused-ring (bicyclic) bond motifs is 2. The maximum atomic E-state index is 5.49. The van der Waals surface area contributed by atoms with Gasteiger partial charge in [-0.15, -0.1) is 0 Å². The summed E-state index contributed by atoms with van der Waals surface area (Å²) < 4.78 is 10.8. The third kappa shape index (κ3) is 0.653. The first-order chi connectivity index (χ1) is 5.41. The molecule has 0 N–H and O–H groups in total. The molecule has 1 atom stereocenters. The van der Waals surface area contributed by atoms with E-state index in [1.165, 1.54) is 12.8 Å². The molecule has 1 saturated carbocycles. The Hall–Kier alpha value is -0.760. The van der Waals surface area contributed by atoms with Crippen LogP contribution in [-0.4, -0.2) is 12.9 Å². The van der Waals surface area contributed by atoms with Crippen molar-refractivity contribution >= 4 is 0 Å². The van der Waals surface area contributed by atoms with Gasteiger partial charge in [0, 0.05) is 5.41 Å². The van der Waals surface area contributed by atoms with E-state index < -0.39 is 0 Å². The topological polar surface area (TPSA) is 18.5 Å². The lowest BCUT2D eigenvalue weighted by molar-refractivity contribution is 0.0316. The van der Waals surface area contributed by atoms with E-state index >= 15 is 0 Å². The second kappa shape index (κ2) is 1.69. The Labute approximate surface area is 65.5 Å². The van der Waals surface area contributed by atoms with Crippen molar-refractivity contribution in [1.82, 2.24) is 0 Å². The molecule has 3 aliphatic rings. The van der Waals surface area contributed by atoms with Crippen molar-refractivity contribution in [2.24, 2.45) is 5.41 Å². The first-order valence-electron chi connectivity index (χ1n) is 4.05. The molecule has 1 spiro atoms. The van der Waals surface area contributed by atoms with Gasteiger partial charge in [-0.2, -0.15) is 0 Å². The second-order valence-corrected chi connectivity index (χ2v) is 3.47. The highest BCUT2D eigenvalue weighted by Crippen LogP contribution is 2.56. The van der Waals surface area contributed by atoms with Gasteiger partial charge in [-0.25, -0.2) is 0 Å². The highest BCUT2D eigenvalue weighted by molar-refractivity contribution is 5.31. The lowest BCUT2D eigenvalue weighted by Gasteiger charge is -2.19. The molecule has 2 nitrogen and oxygen atoms in total. The number of allylic oxidation sites excluding steroid dienone is 2. The van der Waals surface area contributed by atoms with Gasteiger partial charge in [0.15, 0.2) is 6.79 Å². The van der Waals surface area contributed by atoms with Crippen LogP contribution in [0.2, 0.25) is 0 Å². The van der Waals surface area contributed by atoms with Crippen molar-refractivity contribution in [2.45, 2.75) is 18.9 Å². The van der Waals surface area contributed by atoms with Gasteiger partial charge in [-0.05, 0) is 18.9 Å². The number of rotatable bonds is 0. The summed E-state index contributed by atoms with van der Waals surface area (Å²) in [7, 11) is 0. The molecule has 1 unspecified atom stereocenters. The van der Waals surface area contributed by atoms with Crippen molar-refractivity contribution in [3.63, 3.8) is 0 Å². The van der Waals surface area contributed by atoms with Crippen LogP contribution in [0.5, 0.6) is 0 Å². The molecule has 0 bridgehead atoms. The summed E-state index contributed by atoms with van der Waals surface area (Å²) >= 11 is 0. The Morgan fingerprint density at radius 1 is 1.45 bits per heavy atom. The maximum absolute atomic E-state index is 5.49. The molecule has 0 aromatic rings. The van der Waals surface area contributed by atoms with E-state index in [4.69, 9.17) is 9.47 Å². The average molecular weight is 150 g/mol. The third-order valence-corrected chi connectivity index (χ3v) is 2.76. The van der Waals surface area contributed by atoms with Crippen molar-refractivity contribution < 1.29 is 9.47 Å². The maximum Gasteiger partial charge on any atom is 0.189 e. The Bertz CT molecular complexity index is 248. The third-order valence-electron chi connectivity index (χ3n) is 2.76. The van der Waals surface area contributed by atoms with Gasteiger partial charge in [0.1, 0.15) is 11.9 Å². The van der Waals surface area contributed by atoms with Crippen LogP contribution >= 0.6 is 0 Å². The first kappa shape index (κ1) is 5.84. The van der Waals surface area contributed by atoms with Crippen LogP contribution in [0, 0.1) is 5.41 Å². The van der Waals surface area contributed by atoms with Gasteiger partial charge in [0.2, 0.25) is 0 Å². The molecule has 0 aromatic heterocycles. The zero-order valence-electron chi connectivity index (χ0n) is 6.25. The quantitative estimate of drug-likeness (QED) is 0.522. The van der Waals surface area contributed by atoms with Crippen molar-refractivity contribution in [3.05, 3.63) is 24.0 Å². The Kier molecular flexibility index (Phi) is 0.899. The van der Waals surface area contributed by atoms with Crippen molar-refractivity contribution in [2.75, 3.05) is 6.79 Å². The lowest BCUT2D eigenvalue weighted by atomic mass is 9.93. The normalized spacial score (nSPS) is 36.4. The molecule has 3 rings (SSSR count). The summed E-state index contributed by atoms with van der Waals surface area (Å²) in [6, 6.07) is 0. The average Bonchev–Trinajstić information content (AvgIpc) is 2.63. The summed E-state index contributed by atoms with van der Waals surface area (Å²) in [5, 5.41) is 0. The van der Waals surface area contributed by atoms with Crippen LogP contribution < -0.4 is 0 Å². The van der Waals surface area contributed by atoms with E-state index in [1.807, 2.05) is 6.08 Å². The van der Waals surface area contributed by atoms with E-state index in [2.05, 4.69) is 12.2 Å². The zero-order valence-corrected chi connectivity index (χ0v) is 6.25. The predicted octanol–water partition coefficient (Wildman–Crippen LogP) is 1.59. The van der Waals surface area contributed by atoms with Crippen LogP contribution in [0.15, 0.2) is 24.0 Å². The largest absolute Gasteiger partial charge is 0.469 e. The van der Waals surface area contributed by atoms with Crippen LogP contribution in [0.25, 0.3) is 0 Å². The minimum absolute atomic E-state index is 0.243. The minimum atomic E-state index is 0.243. The summed E-state index contributed by atoms with van der Waals surface area (Å²) in [6.07, 6.45) is 9.13. The number of hydrogen-bond acceptors (Lipinski definition) is 2. The molecule has 0 radical (unpaired) electrons. The van der Waals surface area contributed by atoms with Crippen LogP contribution in [-0.2, 0) is 9.47 Å². The fraction of sp³-hybridized carbons (Fsp3) is 0.556. The summed E-state index contributed by atoms with van der Waals surface area (Å²) in [6.45, 7) is 0.444. The van der Waals surface area contributed by atoms with Crippen molar-refractivity contribution in [1.29, 1.82) is 0 Å². The second-order valence-electron chi connectivity index (χ2n) is 3.47. The Morgan fingerprint density at radius 2 is 2.36 bits per heavy atom. The van der Waals surface area contributed by atoms with Gasteiger partial charge >= 0.3 is 0 Å². The SMILES string of the molecule is C1=CC2(CC2)C2OCOC2=C1. The minimum Gasteiger partial charge on any atom is -0.469 e. The fourth-order valence-corrected chi connectivity index (χ4v) is 1.91. The molecule has 58 valence electrons. The van der Waals surface area contributed by atoms with Crippen LogP contribution in [0.3, 0.4) is 0 Å². The van der Waals surface area contributed by atoms with Gasteiger partial charge in [-0.3, -0.25) is 0 Å². The molecular formula is C9H10O2. The zero-order chi connectivity index (χ0) is 7.31. The molecule has 11 heavy (non-hydrogen) atoms. The molecule has 0 amide bonds. The van der Waals surface area contributed by atoms with E-state index in [9.17, 15) is 0 Å². The Morgan fingerprint density at radius 3 is 3.18 bits per heavy atom. The van der Waals surface area contributed by atoms with Gasteiger partial charge in [0.25, 0.3) is 0 Å². The van der Waals surface area contributed by atoms with Crippen LogP contribution in [0.1, 0.15) is 12.8 Å². The van der Waals surface area contributed by atoms with E-state index in [0.717, 1.165) is 5.76 Å². The molecule has 1 saturated heterocycles.